The Hall–Kier alpha value is -2.07. The van der Waals surface area contributed by atoms with Crippen molar-refractivity contribution in [2.75, 3.05) is 0 Å². The van der Waals surface area contributed by atoms with E-state index in [9.17, 15) is 14.7 Å². The molecule has 0 amide bonds. The number of hydrogen-bond acceptors (Lipinski definition) is 4. The van der Waals surface area contributed by atoms with Crippen LogP contribution < -0.4 is 0 Å². The van der Waals surface area contributed by atoms with E-state index in [2.05, 4.69) is 0 Å². The highest BCUT2D eigenvalue weighted by Gasteiger charge is 2.35. The fourth-order valence-electron chi connectivity index (χ4n) is 2.93. The van der Waals surface area contributed by atoms with Crippen molar-refractivity contribution in [2.45, 2.75) is 32.1 Å². The van der Waals surface area contributed by atoms with E-state index < -0.39 is 5.95 Å². The molecule has 3 rings (SSSR count). The van der Waals surface area contributed by atoms with E-state index >= 15 is 0 Å². The molecule has 1 N–H and O–H groups in total. The summed E-state index contributed by atoms with van der Waals surface area (Å²) in [6.07, 6.45) is 0.984. The van der Waals surface area contributed by atoms with Crippen molar-refractivity contribution in [3.8, 4) is 5.95 Å². The number of fused-ring (bicyclic) bond motifs is 1. The molecule has 2 aromatic rings. The predicted octanol–water partition coefficient (Wildman–Crippen LogP) is 4.14. The lowest BCUT2D eigenvalue weighted by atomic mass is 9.81. The summed E-state index contributed by atoms with van der Waals surface area (Å²) < 4.78 is 5.29. The Bertz CT molecular complexity index is 743. The van der Waals surface area contributed by atoms with Gasteiger partial charge in [0.2, 0.25) is 0 Å². The van der Waals surface area contributed by atoms with E-state index in [1.165, 1.54) is 0 Å². The minimum absolute atomic E-state index is 0.0348. The van der Waals surface area contributed by atoms with Gasteiger partial charge >= 0.3 is 0 Å². The monoisotopic (exact) mass is 318 g/mol. The number of furan rings is 1. The Labute approximate surface area is 132 Å². The average molecular weight is 319 g/mol. The molecular formula is C17H15ClO4. The summed E-state index contributed by atoms with van der Waals surface area (Å²) in [4.78, 5) is 24.4. The third-order valence-electron chi connectivity index (χ3n) is 4.05. The minimum atomic E-state index is -0.443. The van der Waals surface area contributed by atoms with Crippen molar-refractivity contribution < 1.29 is 19.1 Å². The standard InChI is InChI=1S/C17H15ClO4/c1-2-12(19)16-15-13(20)7-10(8-14(15)22-17(16)21)9-3-5-11(18)6-4-9/h3-6,10,21H,2,7-8H2,1H3. The van der Waals surface area contributed by atoms with Crippen LogP contribution in [0.2, 0.25) is 5.02 Å². The molecule has 1 aliphatic rings. The van der Waals surface area contributed by atoms with Crippen LogP contribution in [0.15, 0.2) is 28.7 Å². The van der Waals surface area contributed by atoms with Crippen LogP contribution in [0.25, 0.3) is 0 Å². The van der Waals surface area contributed by atoms with Crippen LogP contribution in [0.5, 0.6) is 5.95 Å². The molecule has 0 saturated heterocycles. The summed E-state index contributed by atoms with van der Waals surface area (Å²) in [5.74, 6) is -0.525. The van der Waals surface area contributed by atoms with Gasteiger partial charge in [-0.1, -0.05) is 30.7 Å². The summed E-state index contributed by atoms with van der Waals surface area (Å²) in [5, 5.41) is 10.5. The number of carbonyl (C=O) groups is 2. The van der Waals surface area contributed by atoms with Gasteiger partial charge in [-0.3, -0.25) is 9.59 Å². The van der Waals surface area contributed by atoms with Crippen LogP contribution >= 0.6 is 11.6 Å². The van der Waals surface area contributed by atoms with Crippen molar-refractivity contribution in [1.82, 2.24) is 0 Å². The lowest BCUT2D eigenvalue weighted by Crippen LogP contribution is -2.19. The lowest BCUT2D eigenvalue weighted by Gasteiger charge is -2.21. The molecule has 1 heterocycles. The maximum atomic E-state index is 12.4. The molecule has 1 aromatic heterocycles. The third-order valence-corrected chi connectivity index (χ3v) is 4.30. The van der Waals surface area contributed by atoms with Gasteiger partial charge in [0.05, 0.1) is 5.56 Å². The molecule has 1 atom stereocenters. The highest BCUT2D eigenvalue weighted by atomic mass is 35.5. The van der Waals surface area contributed by atoms with Gasteiger partial charge in [0.1, 0.15) is 11.3 Å². The molecule has 114 valence electrons. The molecule has 0 bridgehead atoms. The number of aromatic hydroxyl groups is 1. The summed E-state index contributed by atoms with van der Waals surface area (Å²) in [6, 6.07) is 7.32. The molecule has 5 heteroatoms. The molecule has 0 spiro atoms. The van der Waals surface area contributed by atoms with Gasteiger partial charge in [-0.25, -0.2) is 0 Å². The maximum absolute atomic E-state index is 12.4. The van der Waals surface area contributed by atoms with Crippen molar-refractivity contribution in [2.24, 2.45) is 0 Å². The van der Waals surface area contributed by atoms with Crippen molar-refractivity contribution in [1.29, 1.82) is 0 Å². The van der Waals surface area contributed by atoms with Crippen molar-refractivity contribution in [3.63, 3.8) is 0 Å². The first-order valence-corrected chi connectivity index (χ1v) is 7.55. The predicted molar refractivity (Wildman–Crippen MR) is 81.8 cm³/mol. The normalized spacial score (nSPS) is 17.4. The molecule has 0 radical (unpaired) electrons. The van der Waals surface area contributed by atoms with Gasteiger partial charge in [-0.15, -0.1) is 0 Å². The largest absolute Gasteiger partial charge is 0.480 e. The van der Waals surface area contributed by atoms with Crippen LogP contribution in [0.1, 0.15) is 57.7 Å². The molecule has 1 unspecified atom stereocenters. The number of benzene rings is 1. The zero-order valence-electron chi connectivity index (χ0n) is 12.1. The topological polar surface area (TPSA) is 67.5 Å². The van der Waals surface area contributed by atoms with Crippen LogP contribution in [0.4, 0.5) is 0 Å². The Kier molecular flexibility index (Phi) is 3.79. The van der Waals surface area contributed by atoms with Crippen LogP contribution in [0.3, 0.4) is 0 Å². The molecule has 1 aliphatic carbocycles. The summed E-state index contributed by atoms with van der Waals surface area (Å²) in [7, 11) is 0. The number of hydrogen-bond donors (Lipinski definition) is 1. The van der Waals surface area contributed by atoms with E-state index in [1.807, 2.05) is 12.1 Å². The highest BCUT2D eigenvalue weighted by molar-refractivity contribution is 6.30. The Morgan fingerprint density at radius 1 is 1.32 bits per heavy atom. The van der Waals surface area contributed by atoms with E-state index in [-0.39, 0.29) is 41.5 Å². The summed E-state index contributed by atoms with van der Waals surface area (Å²) >= 11 is 5.88. The average Bonchev–Trinajstić information content (AvgIpc) is 2.83. The van der Waals surface area contributed by atoms with E-state index in [1.54, 1.807) is 19.1 Å². The van der Waals surface area contributed by atoms with Crippen LogP contribution in [-0.4, -0.2) is 16.7 Å². The van der Waals surface area contributed by atoms with Crippen molar-refractivity contribution >= 4 is 23.2 Å². The molecule has 0 aliphatic heterocycles. The first kappa shape index (κ1) is 14.9. The lowest BCUT2D eigenvalue weighted by molar-refractivity contribution is 0.0939. The zero-order valence-corrected chi connectivity index (χ0v) is 12.8. The second-order valence-electron chi connectivity index (χ2n) is 5.44. The van der Waals surface area contributed by atoms with E-state index in [0.717, 1.165) is 5.56 Å². The van der Waals surface area contributed by atoms with Crippen LogP contribution in [0, 0.1) is 0 Å². The van der Waals surface area contributed by atoms with E-state index in [4.69, 9.17) is 16.0 Å². The van der Waals surface area contributed by atoms with Crippen LogP contribution in [-0.2, 0) is 6.42 Å². The molecule has 0 saturated carbocycles. The smallest absolute Gasteiger partial charge is 0.294 e. The number of Topliss-reactive ketones (excluding diaryl/α,β-unsaturated/α-hetero) is 2. The van der Waals surface area contributed by atoms with Gasteiger partial charge < -0.3 is 9.52 Å². The SMILES string of the molecule is CCC(=O)c1c(O)oc2c1C(=O)CC(c1ccc(Cl)cc1)C2. The molecule has 1 aromatic carbocycles. The molecule has 0 fully saturated rings. The Morgan fingerprint density at radius 2 is 2.00 bits per heavy atom. The number of rotatable bonds is 3. The third kappa shape index (κ3) is 2.44. The first-order valence-electron chi connectivity index (χ1n) is 7.17. The Balaban J connectivity index is 1.99. The molecule has 4 nitrogen and oxygen atoms in total. The quantitative estimate of drug-likeness (QED) is 0.863. The second-order valence-corrected chi connectivity index (χ2v) is 5.87. The van der Waals surface area contributed by atoms with Crippen molar-refractivity contribution in [3.05, 3.63) is 51.7 Å². The number of halogens is 1. The van der Waals surface area contributed by atoms with Gasteiger partial charge in [0.15, 0.2) is 11.6 Å². The number of carbonyl (C=O) groups excluding carboxylic acids is 2. The van der Waals surface area contributed by atoms with Gasteiger partial charge in [-0.05, 0) is 23.6 Å². The van der Waals surface area contributed by atoms with Gasteiger partial charge in [0, 0.05) is 24.3 Å². The molecular weight excluding hydrogens is 304 g/mol. The first-order chi connectivity index (χ1) is 10.5. The summed E-state index contributed by atoms with van der Waals surface area (Å²) in [5.41, 5.74) is 1.29. The van der Waals surface area contributed by atoms with E-state index in [0.29, 0.717) is 17.2 Å². The Morgan fingerprint density at radius 3 is 2.64 bits per heavy atom. The fraction of sp³-hybridized carbons (Fsp3) is 0.294. The van der Waals surface area contributed by atoms with Gasteiger partial charge in [-0.2, -0.15) is 0 Å². The van der Waals surface area contributed by atoms with Gasteiger partial charge in [0.25, 0.3) is 5.95 Å². The maximum Gasteiger partial charge on any atom is 0.294 e. The summed E-state index contributed by atoms with van der Waals surface area (Å²) in [6.45, 7) is 1.69. The second kappa shape index (κ2) is 5.61. The fourth-order valence-corrected chi connectivity index (χ4v) is 3.06. The zero-order chi connectivity index (χ0) is 15.9. The minimum Gasteiger partial charge on any atom is -0.480 e. The number of ketones is 2. The highest BCUT2D eigenvalue weighted by Crippen LogP contribution is 2.39. The molecule has 22 heavy (non-hydrogen) atoms.